The molecule has 74 valence electrons. The van der Waals surface area contributed by atoms with E-state index in [0.29, 0.717) is 0 Å². The maximum absolute atomic E-state index is 5.91. The van der Waals surface area contributed by atoms with Crippen LogP contribution in [0.1, 0.15) is 27.2 Å². The molecule has 0 aliphatic rings. The van der Waals surface area contributed by atoms with Crippen LogP contribution in [0.15, 0.2) is 0 Å². The molecule has 0 aliphatic heterocycles. The zero-order chi connectivity index (χ0) is 9.45. The SMILES string of the molecule is CCO[Si](CC)(CC)CCCCl. The summed E-state index contributed by atoms with van der Waals surface area (Å²) in [5, 5.41) is 0. The predicted octanol–water partition coefficient (Wildman–Crippen LogP) is 3.64. The first-order valence-electron chi connectivity index (χ1n) is 4.94. The summed E-state index contributed by atoms with van der Waals surface area (Å²) in [5.74, 6) is 0.780. The summed E-state index contributed by atoms with van der Waals surface area (Å²) in [4.78, 5) is 0. The summed E-state index contributed by atoms with van der Waals surface area (Å²) in [6.07, 6.45) is 1.12. The molecule has 0 fully saturated rings. The molecule has 0 bridgehead atoms. The molecule has 0 aromatic heterocycles. The first-order valence-corrected chi connectivity index (χ1v) is 8.01. The molecule has 0 amide bonds. The van der Waals surface area contributed by atoms with E-state index in [4.69, 9.17) is 16.0 Å². The van der Waals surface area contributed by atoms with Gasteiger partial charge in [0, 0.05) is 12.5 Å². The minimum absolute atomic E-state index is 0.780. The quantitative estimate of drug-likeness (QED) is 0.459. The van der Waals surface area contributed by atoms with Crippen LogP contribution in [0.25, 0.3) is 0 Å². The summed E-state index contributed by atoms with van der Waals surface area (Å²) in [7, 11) is -1.35. The van der Waals surface area contributed by atoms with Crippen LogP contribution in [0.3, 0.4) is 0 Å². The Kier molecular flexibility index (Phi) is 7.20. The van der Waals surface area contributed by atoms with E-state index in [2.05, 4.69) is 20.8 Å². The van der Waals surface area contributed by atoms with Crippen molar-refractivity contribution in [2.75, 3.05) is 12.5 Å². The molecule has 3 heteroatoms. The van der Waals surface area contributed by atoms with E-state index in [1.54, 1.807) is 0 Å². The highest BCUT2D eigenvalue weighted by Gasteiger charge is 2.29. The van der Waals surface area contributed by atoms with Crippen LogP contribution < -0.4 is 0 Å². The Morgan fingerprint density at radius 2 is 1.75 bits per heavy atom. The maximum Gasteiger partial charge on any atom is 0.192 e. The predicted molar refractivity (Wildman–Crippen MR) is 58.5 cm³/mol. The molecule has 0 atom stereocenters. The van der Waals surface area contributed by atoms with Crippen LogP contribution >= 0.6 is 11.6 Å². The first kappa shape index (κ1) is 12.5. The molecule has 0 saturated carbocycles. The van der Waals surface area contributed by atoms with Crippen molar-refractivity contribution in [3.63, 3.8) is 0 Å². The van der Waals surface area contributed by atoms with E-state index in [1.807, 2.05) is 0 Å². The van der Waals surface area contributed by atoms with Gasteiger partial charge in [-0.3, -0.25) is 0 Å². The first-order chi connectivity index (χ1) is 5.74. The average Bonchev–Trinajstić information content (AvgIpc) is 2.13. The summed E-state index contributed by atoms with van der Waals surface area (Å²) >= 11 is 5.69. The van der Waals surface area contributed by atoms with Gasteiger partial charge in [-0.1, -0.05) is 13.8 Å². The Bertz CT molecular complexity index is 105. The number of halogens is 1. The van der Waals surface area contributed by atoms with Gasteiger partial charge in [0.1, 0.15) is 0 Å². The number of hydrogen-bond donors (Lipinski definition) is 0. The molecule has 0 aliphatic carbocycles. The normalized spacial score (nSPS) is 12.0. The van der Waals surface area contributed by atoms with Gasteiger partial charge in [0.25, 0.3) is 0 Å². The van der Waals surface area contributed by atoms with Crippen molar-refractivity contribution in [1.29, 1.82) is 0 Å². The van der Waals surface area contributed by atoms with Crippen LogP contribution in [-0.2, 0) is 4.43 Å². The largest absolute Gasteiger partial charge is 0.417 e. The molecule has 0 saturated heterocycles. The zero-order valence-electron chi connectivity index (χ0n) is 8.53. The lowest BCUT2D eigenvalue weighted by molar-refractivity contribution is 0.319. The molecule has 0 rings (SSSR count). The molecule has 0 aromatic rings. The van der Waals surface area contributed by atoms with Crippen molar-refractivity contribution < 1.29 is 4.43 Å². The van der Waals surface area contributed by atoms with Gasteiger partial charge in [0.2, 0.25) is 0 Å². The third-order valence-corrected chi connectivity index (χ3v) is 7.52. The van der Waals surface area contributed by atoms with Crippen LogP contribution in [-0.4, -0.2) is 20.8 Å². The van der Waals surface area contributed by atoms with E-state index in [9.17, 15) is 0 Å². The van der Waals surface area contributed by atoms with Crippen LogP contribution in [0.5, 0.6) is 0 Å². The molecule has 0 N–H and O–H groups in total. The standard InChI is InChI=1S/C9H21ClOSi/c1-4-11-12(5-2,6-3)9-7-8-10/h4-9H2,1-3H3. The fraction of sp³-hybridized carbons (Fsp3) is 1.00. The Balaban J connectivity index is 3.95. The highest BCUT2D eigenvalue weighted by Crippen LogP contribution is 2.23. The van der Waals surface area contributed by atoms with Gasteiger partial charge >= 0.3 is 0 Å². The van der Waals surface area contributed by atoms with Gasteiger partial charge < -0.3 is 4.43 Å². The van der Waals surface area contributed by atoms with Gasteiger partial charge in [-0.15, -0.1) is 11.6 Å². The van der Waals surface area contributed by atoms with Crippen molar-refractivity contribution >= 4 is 19.9 Å². The third-order valence-electron chi connectivity index (χ3n) is 2.51. The van der Waals surface area contributed by atoms with Gasteiger partial charge in [-0.2, -0.15) is 0 Å². The van der Waals surface area contributed by atoms with Crippen molar-refractivity contribution in [3.05, 3.63) is 0 Å². The smallest absolute Gasteiger partial charge is 0.192 e. The minimum Gasteiger partial charge on any atom is -0.417 e. The summed E-state index contributed by atoms with van der Waals surface area (Å²) < 4.78 is 5.91. The molecular formula is C9H21ClOSi. The Hall–Kier alpha value is 0.467. The van der Waals surface area contributed by atoms with Gasteiger partial charge in [0.05, 0.1) is 0 Å². The second kappa shape index (κ2) is 6.93. The molecule has 12 heavy (non-hydrogen) atoms. The van der Waals surface area contributed by atoms with Gasteiger partial charge in [-0.05, 0) is 31.5 Å². The van der Waals surface area contributed by atoms with E-state index in [0.717, 1.165) is 18.9 Å². The van der Waals surface area contributed by atoms with Crippen molar-refractivity contribution in [1.82, 2.24) is 0 Å². The van der Waals surface area contributed by atoms with Crippen LogP contribution in [0.4, 0.5) is 0 Å². The molecule has 0 heterocycles. The second-order valence-corrected chi connectivity index (χ2v) is 8.06. The summed E-state index contributed by atoms with van der Waals surface area (Å²) in [6.45, 7) is 7.46. The lowest BCUT2D eigenvalue weighted by atomic mass is 10.6. The highest BCUT2D eigenvalue weighted by atomic mass is 35.5. The lowest BCUT2D eigenvalue weighted by Crippen LogP contribution is -2.36. The molecule has 0 spiro atoms. The van der Waals surface area contributed by atoms with E-state index in [-0.39, 0.29) is 0 Å². The molecule has 1 nitrogen and oxygen atoms in total. The van der Waals surface area contributed by atoms with Crippen molar-refractivity contribution in [2.24, 2.45) is 0 Å². The molecule has 0 unspecified atom stereocenters. The zero-order valence-corrected chi connectivity index (χ0v) is 10.3. The van der Waals surface area contributed by atoms with Gasteiger partial charge in [-0.25, -0.2) is 0 Å². The lowest BCUT2D eigenvalue weighted by Gasteiger charge is -2.28. The monoisotopic (exact) mass is 208 g/mol. The molecule has 0 aromatic carbocycles. The minimum atomic E-state index is -1.35. The highest BCUT2D eigenvalue weighted by molar-refractivity contribution is 6.73. The molecule has 0 radical (unpaired) electrons. The number of hydrogen-bond acceptors (Lipinski definition) is 1. The Morgan fingerprint density at radius 3 is 2.08 bits per heavy atom. The summed E-state index contributed by atoms with van der Waals surface area (Å²) in [5.41, 5.74) is 0. The second-order valence-electron chi connectivity index (χ2n) is 3.12. The third kappa shape index (κ3) is 3.92. The van der Waals surface area contributed by atoms with E-state index < -0.39 is 8.32 Å². The van der Waals surface area contributed by atoms with E-state index >= 15 is 0 Å². The van der Waals surface area contributed by atoms with Crippen LogP contribution in [0.2, 0.25) is 18.1 Å². The fourth-order valence-electron chi connectivity index (χ4n) is 1.58. The molecular weight excluding hydrogens is 188 g/mol. The van der Waals surface area contributed by atoms with Crippen molar-refractivity contribution in [3.8, 4) is 0 Å². The van der Waals surface area contributed by atoms with E-state index in [1.165, 1.54) is 18.1 Å². The van der Waals surface area contributed by atoms with Crippen molar-refractivity contribution in [2.45, 2.75) is 45.3 Å². The number of alkyl halides is 1. The Morgan fingerprint density at radius 1 is 1.17 bits per heavy atom. The maximum atomic E-state index is 5.91. The number of rotatable bonds is 7. The fourth-order valence-corrected chi connectivity index (χ4v) is 5.13. The summed E-state index contributed by atoms with van der Waals surface area (Å²) in [6, 6.07) is 3.69. The van der Waals surface area contributed by atoms with Crippen LogP contribution in [0, 0.1) is 0 Å². The Labute approximate surface area is 82.6 Å². The average molecular weight is 209 g/mol. The topological polar surface area (TPSA) is 9.23 Å². The van der Waals surface area contributed by atoms with Gasteiger partial charge in [0.15, 0.2) is 8.32 Å².